The first-order valence-corrected chi connectivity index (χ1v) is 5.15. The van der Waals surface area contributed by atoms with Gasteiger partial charge >= 0.3 is 0 Å². The monoisotopic (exact) mass is 280 g/mol. The quantitative estimate of drug-likeness (QED) is 0.568. The Labute approximate surface area is 86.1 Å². The summed E-state index contributed by atoms with van der Waals surface area (Å²) in [4.78, 5) is 0. The third-order valence-corrected chi connectivity index (χ3v) is 2.87. The molecule has 1 aromatic carbocycles. The lowest BCUT2D eigenvalue weighted by Crippen LogP contribution is -1.86. The predicted molar refractivity (Wildman–Crippen MR) is 58.0 cm³/mol. The molecule has 0 aliphatic rings. The molecule has 0 amide bonds. The highest BCUT2D eigenvalue weighted by molar-refractivity contribution is 14.1. The highest BCUT2D eigenvalue weighted by Crippen LogP contribution is 2.23. The number of hydrogen-bond donors (Lipinski definition) is 0. The van der Waals surface area contributed by atoms with Crippen LogP contribution in [0.2, 0.25) is 0 Å². The van der Waals surface area contributed by atoms with E-state index in [-0.39, 0.29) is 5.38 Å². The Bertz CT molecular complexity index is 218. The second kappa shape index (κ2) is 4.31. The number of hydrogen-bond acceptors (Lipinski definition) is 0. The summed E-state index contributed by atoms with van der Waals surface area (Å²) in [5.74, 6) is 0. The molecule has 0 saturated heterocycles. The Kier molecular flexibility index (Phi) is 3.66. The second-order valence-corrected chi connectivity index (χ2v) is 4.20. The van der Waals surface area contributed by atoms with E-state index in [9.17, 15) is 0 Å². The van der Waals surface area contributed by atoms with Crippen molar-refractivity contribution in [3.8, 4) is 0 Å². The second-order valence-electron chi connectivity index (χ2n) is 2.43. The average molecular weight is 281 g/mol. The number of alkyl halides is 1. The first kappa shape index (κ1) is 9.33. The van der Waals surface area contributed by atoms with E-state index in [1.807, 2.05) is 0 Å². The van der Waals surface area contributed by atoms with Crippen LogP contribution in [0.5, 0.6) is 0 Å². The van der Waals surface area contributed by atoms with E-state index in [0.29, 0.717) is 0 Å². The van der Waals surface area contributed by atoms with E-state index in [2.05, 4.69) is 53.8 Å². The lowest BCUT2D eigenvalue weighted by molar-refractivity contribution is 0.883. The summed E-state index contributed by atoms with van der Waals surface area (Å²) in [7, 11) is 0. The third kappa shape index (κ3) is 2.64. The van der Waals surface area contributed by atoms with Crippen LogP contribution < -0.4 is 0 Å². The highest BCUT2D eigenvalue weighted by atomic mass is 127. The van der Waals surface area contributed by atoms with Gasteiger partial charge in [-0.2, -0.15) is 0 Å². The van der Waals surface area contributed by atoms with Crippen LogP contribution in [0.4, 0.5) is 0 Å². The summed E-state index contributed by atoms with van der Waals surface area (Å²) >= 11 is 8.33. The Balaban J connectivity index is 2.81. The van der Waals surface area contributed by atoms with Crippen LogP contribution in [0, 0.1) is 3.57 Å². The van der Waals surface area contributed by atoms with Gasteiger partial charge in [-0.15, -0.1) is 11.6 Å². The third-order valence-electron chi connectivity index (χ3n) is 1.59. The van der Waals surface area contributed by atoms with Crippen molar-refractivity contribution < 1.29 is 0 Å². The van der Waals surface area contributed by atoms with Crippen molar-refractivity contribution in [3.63, 3.8) is 0 Å². The molecule has 11 heavy (non-hydrogen) atoms. The Morgan fingerprint density at radius 2 is 1.91 bits per heavy atom. The molecule has 1 aromatic rings. The molecule has 1 atom stereocenters. The molecule has 60 valence electrons. The fraction of sp³-hybridized carbons (Fsp3) is 0.333. The molecule has 0 nitrogen and oxygen atoms in total. The molecule has 0 aliphatic carbocycles. The van der Waals surface area contributed by atoms with Crippen LogP contribution in [0.1, 0.15) is 24.3 Å². The minimum atomic E-state index is 0.173. The van der Waals surface area contributed by atoms with Crippen molar-refractivity contribution in [3.05, 3.63) is 33.4 Å². The predicted octanol–water partition coefficient (Wildman–Crippen LogP) is 3.98. The molecule has 0 saturated carbocycles. The summed E-state index contributed by atoms with van der Waals surface area (Å²) in [6.07, 6.45) is 0.988. The van der Waals surface area contributed by atoms with Crippen molar-refractivity contribution in [2.24, 2.45) is 0 Å². The highest BCUT2D eigenvalue weighted by Gasteiger charge is 2.02. The molecule has 0 radical (unpaired) electrons. The number of rotatable bonds is 2. The Morgan fingerprint density at radius 3 is 2.36 bits per heavy atom. The van der Waals surface area contributed by atoms with Gasteiger partial charge in [-0.05, 0) is 46.7 Å². The van der Waals surface area contributed by atoms with Crippen molar-refractivity contribution in [2.75, 3.05) is 0 Å². The van der Waals surface area contributed by atoms with Crippen LogP contribution >= 0.6 is 34.2 Å². The van der Waals surface area contributed by atoms with E-state index in [1.165, 1.54) is 9.13 Å². The minimum Gasteiger partial charge on any atom is -0.118 e. The minimum absolute atomic E-state index is 0.173. The number of benzene rings is 1. The molecule has 0 heterocycles. The lowest BCUT2D eigenvalue weighted by Gasteiger charge is -2.05. The molecule has 0 fully saturated rings. The van der Waals surface area contributed by atoms with Gasteiger partial charge in [0.15, 0.2) is 0 Å². The van der Waals surface area contributed by atoms with Crippen LogP contribution in [-0.4, -0.2) is 0 Å². The van der Waals surface area contributed by atoms with Gasteiger partial charge in [0.25, 0.3) is 0 Å². The fourth-order valence-corrected chi connectivity index (χ4v) is 1.41. The molecule has 1 rings (SSSR count). The molecule has 0 spiro atoms. The zero-order valence-electron chi connectivity index (χ0n) is 6.35. The molecule has 0 aliphatic heterocycles. The maximum absolute atomic E-state index is 6.04. The van der Waals surface area contributed by atoms with Crippen LogP contribution in [0.15, 0.2) is 24.3 Å². The number of halogens is 2. The van der Waals surface area contributed by atoms with E-state index >= 15 is 0 Å². The molecule has 1 unspecified atom stereocenters. The van der Waals surface area contributed by atoms with Crippen molar-refractivity contribution in [2.45, 2.75) is 18.7 Å². The van der Waals surface area contributed by atoms with Gasteiger partial charge in [0.1, 0.15) is 0 Å². The van der Waals surface area contributed by atoms with Gasteiger partial charge in [0.2, 0.25) is 0 Å². The zero-order valence-corrected chi connectivity index (χ0v) is 9.26. The van der Waals surface area contributed by atoms with Gasteiger partial charge in [-0.1, -0.05) is 19.1 Å². The van der Waals surface area contributed by atoms with Crippen molar-refractivity contribution in [1.82, 2.24) is 0 Å². The zero-order chi connectivity index (χ0) is 8.27. The van der Waals surface area contributed by atoms with Gasteiger partial charge in [0, 0.05) is 3.57 Å². The molecule has 0 aromatic heterocycles. The van der Waals surface area contributed by atoms with E-state index < -0.39 is 0 Å². The summed E-state index contributed by atoms with van der Waals surface area (Å²) < 4.78 is 1.26. The lowest BCUT2D eigenvalue weighted by atomic mass is 10.1. The molecule has 0 bridgehead atoms. The molecular weight excluding hydrogens is 270 g/mol. The van der Waals surface area contributed by atoms with Gasteiger partial charge in [-0.25, -0.2) is 0 Å². The van der Waals surface area contributed by atoms with E-state index in [0.717, 1.165) is 6.42 Å². The Hall–Kier alpha value is 0.240. The van der Waals surface area contributed by atoms with Crippen LogP contribution in [0.3, 0.4) is 0 Å². The topological polar surface area (TPSA) is 0 Å². The smallest absolute Gasteiger partial charge is 0.0582 e. The standard InChI is InChI=1S/C9H10ClI/c1-2-9(10)7-3-5-8(11)6-4-7/h3-6,9H,2H2,1H3. The summed E-state index contributed by atoms with van der Waals surface area (Å²) in [5, 5.41) is 0.173. The van der Waals surface area contributed by atoms with Gasteiger partial charge in [-0.3, -0.25) is 0 Å². The molecule has 0 N–H and O–H groups in total. The van der Waals surface area contributed by atoms with Crippen molar-refractivity contribution in [1.29, 1.82) is 0 Å². The van der Waals surface area contributed by atoms with E-state index in [1.54, 1.807) is 0 Å². The van der Waals surface area contributed by atoms with Gasteiger partial charge in [0.05, 0.1) is 5.38 Å². The van der Waals surface area contributed by atoms with Crippen molar-refractivity contribution >= 4 is 34.2 Å². The normalized spacial score (nSPS) is 13.0. The SMILES string of the molecule is CCC(Cl)c1ccc(I)cc1. The Morgan fingerprint density at radius 1 is 1.36 bits per heavy atom. The molecule has 2 heteroatoms. The summed E-state index contributed by atoms with van der Waals surface area (Å²) in [6.45, 7) is 2.09. The average Bonchev–Trinajstić information content (AvgIpc) is 2.05. The summed E-state index contributed by atoms with van der Waals surface area (Å²) in [6, 6.07) is 8.34. The largest absolute Gasteiger partial charge is 0.118 e. The maximum Gasteiger partial charge on any atom is 0.0582 e. The molecular formula is C9H10ClI. The van der Waals surface area contributed by atoms with Gasteiger partial charge < -0.3 is 0 Å². The van der Waals surface area contributed by atoms with Crippen LogP contribution in [-0.2, 0) is 0 Å². The first-order chi connectivity index (χ1) is 5.24. The van der Waals surface area contributed by atoms with E-state index in [4.69, 9.17) is 11.6 Å². The van der Waals surface area contributed by atoms with Crippen LogP contribution in [0.25, 0.3) is 0 Å². The first-order valence-electron chi connectivity index (χ1n) is 3.63. The fourth-order valence-electron chi connectivity index (χ4n) is 0.907. The summed E-state index contributed by atoms with van der Waals surface area (Å²) in [5.41, 5.74) is 1.22. The maximum atomic E-state index is 6.04.